The van der Waals surface area contributed by atoms with Gasteiger partial charge in [0.15, 0.2) is 0 Å². The molecule has 0 spiro atoms. The molecule has 1 N–H and O–H groups in total. The third kappa shape index (κ3) is 3.46. The van der Waals surface area contributed by atoms with Crippen molar-refractivity contribution in [3.05, 3.63) is 77.0 Å². The van der Waals surface area contributed by atoms with Crippen molar-refractivity contribution in [2.75, 3.05) is 26.7 Å². The van der Waals surface area contributed by atoms with Crippen LogP contribution in [0.4, 0.5) is 5.69 Å². The summed E-state index contributed by atoms with van der Waals surface area (Å²) in [7, 11) is 2.15. The Labute approximate surface area is 197 Å². The predicted molar refractivity (Wildman–Crippen MR) is 137 cm³/mol. The van der Waals surface area contributed by atoms with E-state index in [-0.39, 0.29) is 5.41 Å². The molecule has 1 unspecified atom stereocenters. The van der Waals surface area contributed by atoms with Gasteiger partial charge in [0.2, 0.25) is 0 Å². The highest BCUT2D eigenvalue weighted by atomic mass is 15.2. The van der Waals surface area contributed by atoms with E-state index in [4.69, 9.17) is 15.0 Å². The second-order valence-corrected chi connectivity index (χ2v) is 9.94. The molecule has 33 heavy (non-hydrogen) atoms. The van der Waals surface area contributed by atoms with E-state index in [0.29, 0.717) is 5.92 Å². The molecule has 3 aliphatic rings. The third-order valence-corrected chi connectivity index (χ3v) is 7.77. The molecule has 0 amide bonds. The van der Waals surface area contributed by atoms with Crippen LogP contribution in [0.25, 0.3) is 11.1 Å². The van der Waals surface area contributed by atoms with Gasteiger partial charge in [-0.25, -0.2) is 0 Å². The van der Waals surface area contributed by atoms with Gasteiger partial charge < -0.3 is 5.32 Å². The summed E-state index contributed by atoms with van der Waals surface area (Å²) in [4.78, 5) is 16.8. The topological polar surface area (TPSA) is 53.4 Å². The summed E-state index contributed by atoms with van der Waals surface area (Å²) in [5.41, 5.74) is 11.3. The first-order valence-corrected chi connectivity index (χ1v) is 11.9. The molecule has 2 aromatic heterocycles. The van der Waals surface area contributed by atoms with Crippen molar-refractivity contribution in [3.63, 3.8) is 0 Å². The van der Waals surface area contributed by atoms with E-state index >= 15 is 0 Å². The van der Waals surface area contributed by atoms with Crippen LogP contribution in [0, 0.1) is 5.92 Å². The van der Waals surface area contributed by atoms with Crippen molar-refractivity contribution in [1.29, 1.82) is 0 Å². The average molecular weight is 440 g/mol. The molecule has 5 rings (SSSR count). The van der Waals surface area contributed by atoms with Gasteiger partial charge in [-0.05, 0) is 44.5 Å². The average Bonchev–Trinajstić information content (AvgIpc) is 3.33. The lowest BCUT2D eigenvalue weighted by atomic mass is 9.71. The van der Waals surface area contributed by atoms with Crippen LogP contribution in [0.2, 0.25) is 0 Å². The summed E-state index contributed by atoms with van der Waals surface area (Å²) < 4.78 is 0. The van der Waals surface area contributed by atoms with Crippen LogP contribution in [0.1, 0.15) is 55.8 Å². The number of allylic oxidation sites excluding steroid dienone is 3. The Kier molecular flexibility index (Phi) is 5.32. The summed E-state index contributed by atoms with van der Waals surface area (Å²) in [6, 6.07) is 4.52. The molecular formula is C28H33N5. The Morgan fingerprint density at radius 1 is 1.24 bits per heavy atom. The summed E-state index contributed by atoms with van der Waals surface area (Å²) in [6.45, 7) is 16.0. The van der Waals surface area contributed by atoms with Crippen molar-refractivity contribution in [2.45, 2.75) is 39.5 Å². The number of hydrogen-bond donors (Lipinski definition) is 1. The number of aromatic nitrogens is 2. The molecule has 0 radical (unpaired) electrons. The summed E-state index contributed by atoms with van der Waals surface area (Å²) >= 11 is 0. The maximum absolute atomic E-state index is 4.84. The fourth-order valence-electron chi connectivity index (χ4n) is 5.31. The van der Waals surface area contributed by atoms with Gasteiger partial charge in [0.05, 0.1) is 23.3 Å². The van der Waals surface area contributed by atoms with Gasteiger partial charge in [0.25, 0.3) is 0 Å². The largest absolute Gasteiger partial charge is 0.386 e. The lowest BCUT2D eigenvalue weighted by Gasteiger charge is -2.31. The minimum atomic E-state index is -0.0613. The Morgan fingerprint density at radius 3 is 2.79 bits per heavy atom. The van der Waals surface area contributed by atoms with E-state index in [2.05, 4.69) is 69.7 Å². The van der Waals surface area contributed by atoms with Gasteiger partial charge in [-0.1, -0.05) is 32.6 Å². The fraction of sp³-hybridized carbons (Fsp3) is 0.393. The maximum Gasteiger partial charge on any atom is 0.0854 e. The smallest absolute Gasteiger partial charge is 0.0854 e. The first kappa shape index (κ1) is 21.8. The van der Waals surface area contributed by atoms with Crippen LogP contribution in [-0.4, -0.2) is 47.3 Å². The van der Waals surface area contributed by atoms with E-state index in [0.717, 1.165) is 54.3 Å². The number of hydrogen-bond acceptors (Lipinski definition) is 5. The Morgan fingerprint density at radius 2 is 2.06 bits per heavy atom. The minimum absolute atomic E-state index is 0.0613. The first-order chi connectivity index (χ1) is 15.8. The van der Waals surface area contributed by atoms with Gasteiger partial charge in [-0.15, -0.1) is 0 Å². The molecule has 170 valence electrons. The molecule has 5 heteroatoms. The molecule has 1 saturated heterocycles. The lowest BCUT2D eigenvalue weighted by molar-refractivity contribution is 0.324. The quantitative estimate of drug-likeness (QED) is 0.735. The van der Waals surface area contributed by atoms with Gasteiger partial charge in [-0.3, -0.25) is 19.9 Å². The standard InChI is InChI=1S/C28H33N5/c1-7-20(27-16-33(6)11-10-29-27)19-12-22-21(8-9-24(22)30-14-19)25-13-23-26(15-31-25)32-18(4)28(23,5)17(2)3/h7-8,12-15,17,29H,1,9-11,16H2,2-6H3/b27-20+. The van der Waals surface area contributed by atoms with Crippen LogP contribution in [-0.2, 0) is 11.8 Å². The van der Waals surface area contributed by atoms with Crippen molar-refractivity contribution < 1.29 is 0 Å². The van der Waals surface area contributed by atoms with Crippen LogP contribution >= 0.6 is 0 Å². The number of rotatable bonds is 4. The number of pyridine rings is 2. The SMILES string of the molecule is C=C/C(=C1/CN(C)CCN1)c1cnc2c(c1)C(c1cc3c(cn1)N=C(C)C3(C)C(C)C)=CC2. The molecule has 1 fully saturated rings. The second-order valence-electron chi connectivity index (χ2n) is 9.94. The zero-order valence-corrected chi connectivity index (χ0v) is 20.4. The highest BCUT2D eigenvalue weighted by Crippen LogP contribution is 2.46. The van der Waals surface area contributed by atoms with Crippen molar-refractivity contribution in [1.82, 2.24) is 20.2 Å². The number of nitrogens with one attached hydrogen (secondary N) is 1. The molecule has 5 nitrogen and oxygen atoms in total. The molecule has 4 heterocycles. The summed E-state index contributed by atoms with van der Waals surface area (Å²) in [6.07, 6.45) is 8.97. The monoisotopic (exact) mass is 439 g/mol. The van der Waals surface area contributed by atoms with E-state index in [1.165, 1.54) is 28.1 Å². The van der Waals surface area contributed by atoms with Gasteiger partial charge >= 0.3 is 0 Å². The molecule has 0 saturated carbocycles. The number of nitrogens with zero attached hydrogens (tertiary/aromatic N) is 4. The number of piperazine rings is 1. The van der Waals surface area contributed by atoms with E-state index in [1.54, 1.807) is 0 Å². The van der Waals surface area contributed by atoms with Crippen LogP contribution < -0.4 is 5.32 Å². The Bertz CT molecular complexity index is 1230. The minimum Gasteiger partial charge on any atom is -0.386 e. The highest BCUT2D eigenvalue weighted by molar-refractivity contribution is 6.00. The number of fused-ring (bicyclic) bond motifs is 2. The summed E-state index contributed by atoms with van der Waals surface area (Å²) in [5.74, 6) is 0.457. The normalized spacial score (nSPS) is 23.6. The molecule has 0 aromatic carbocycles. The second kappa shape index (κ2) is 8.07. The molecule has 0 bridgehead atoms. The van der Waals surface area contributed by atoms with Gasteiger partial charge in [0.1, 0.15) is 0 Å². The number of likely N-dealkylation sites (N-methyl/N-ethyl adjacent to an activating group) is 1. The first-order valence-electron chi connectivity index (χ1n) is 11.9. The zero-order valence-electron chi connectivity index (χ0n) is 20.4. The zero-order chi connectivity index (χ0) is 23.3. The van der Waals surface area contributed by atoms with E-state index in [1.807, 2.05) is 18.5 Å². The van der Waals surface area contributed by atoms with Crippen molar-refractivity contribution in [3.8, 4) is 0 Å². The molecule has 1 aliphatic carbocycles. The predicted octanol–water partition coefficient (Wildman–Crippen LogP) is 4.92. The van der Waals surface area contributed by atoms with Crippen molar-refractivity contribution >= 4 is 22.5 Å². The molecular weight excluding hydrogens is 406 g/mol. The molecule has 2 aromatic rings. The third-order valence-electron chi connectivity index (χ3n) is 7.77. The maximum atomic E-state index is 4.84. The van der Waals surface area contributed by atoms with Gasteiger partial charge in [0, 0.05) is 71.3 Å². The lowest BCUT2D eigenvalue weighted by Crippen LogP contribution is -2.40. The van der Waals surface area contributed by atoms with E-state index < -0.39 is 0 Å². The van der Waals surface area contributed by atoms with E-state index in [9.17, 15) is 0 Å². The van der Waals surface area contributed by atoms with Crippen LogP contribution in [0.15, 0.2) is 53.9 Å². The Balaban J connectivity index is 1.55. The Hall–Kier alpha value is -3.05. The van der Waals surface area contributed by atoms with Gasteiger partial charge in [-0.2, -0.15) is 0 Å². The molecule has 1 atom stereocenters. The van der Waals surface area contributed by atoms with Crippen LogP contribution in [0.5, 0.6) is 0 Å². The fourth-order valence-corrected chi connectivity index (χ4v) is 5.31. The number of aliphatic imine (C=N–C) groups is 1. The highest BCUT2D eigenvalue weighted by Gasteiger charge is 2.40. The molecule has 2 aliphatic heterocycles. The van der Waals surface area contributed by atoms with Crippen LogP contribution in [0.3, 0.4) is 0 Å². The van der Waals surface area contributed by atoms with Crippen molar-refractivity contribution in [2.24, 2.45) is 10.9 Å². The summed E-state index contributed by atoms with van der Waals surface area (Å²) in [5, 5.41) is 3.56.